The zero-order valence-electron chi connectivity index (χ0n) is 9.08. The van der Waals surface area contributed by atoms with Crippen molar-refractivity contribution in [2.75, 3.05) is 13.2 Å². The maximum Gasteiger partial charge on any atom is 0.333 e. The maximum atomic E-state index is 11.1. The molecule has 0 aliphatic heterocycles. The Labute approximate surface area is 85.8 Å². The van der Waals surface area contributed by atoms with Crippen molar-refractivity contribution in [3.8, 4) is 0 Å². The van der Waals surface area contributed by atoms with Gasteiger partial charge >= 0.3 is 5.97 Å². The van der Waals surface area contributed by atoms with Gasteiger partial charge in [0.1, 0.15) is 0 Å². The van der Waals surface area contributed by atoms with Gasteiger partial charge in [0.25, 0.3) is 0 Å². The van der Waals surface area contributed by atoms with E-state index in [0.29, 0.717) is 12.2 Å². The smallest absolute Gasteiger partial charge is 0.333 e. The molecule has 0 aromatic rings. The molecular weight excluding hydrogens is 180 g/mol. The lowest BCUT2D eigenvalue weighted by Crippen LogP contribution is -2.06. The van der Waals surface area contributed by atoms with E-state index in [2.05, 4.69) is 0 Å². The van der Waals surface area contributed by atoms with Crippen molar-refractivity contribution in [3.63, 3.8) is 0 Å². The summed E-state index contributed by atoms with van der Waals surface area (Å²) in [5.74, 6) is -0.227. The Bertz CT molecular complexity index is 185. The van der Waals surface area contributed by atoms with E-state index in [9.17, 15) is 4.79 Å². The average Bonchev–Trinajstić information content (AvgIpc) is 2.21. The standard InChI is InChI=1S/C11H20O3/c1-3-10(2)11(13)14-9-7-5-4-6-8-12/h3,12H,4-9H2,1-2H3/b10-3+. The summed E-state index contributed by atoms with van der Waals surface area (Å²) in [6.45, 7) is 4.29. The molecule has 14 heavy (non-hydrogen) atoms. The van der Waals surface area contributed by atoms with Crippen LogP contribution in [-0.4, -0.2) is 24.3 Å². The van der Waals surface area contributed by atoms with Crippen LogP contribution in [0.1, 0.15) is 39.5 Å². The topological polar surface area (TPSA) is 46.5 Å². The monoisotopic (exact) mass is 200 g/mol. The fourth-order valence-electron chi connectivity index (χ4n) is 0.964. The first-order chi connectivity index (χ1) is 6.72. The summed E-state index contributed by atoms with van der Waals surface area (Å²) in [6.07, 6.45) is 5.46. The molecule has 0 radical (unpaired) electrons. The van der Waals surface area contributed by atoms with Crippen LogP contribution in [0.4, 0.5) is 0 Å². The van der Waals surface area contributed by atoms with Crippen molar-refractivity contribution in [3.05, 3.63) is 11.6 Å². The number of hydrogen-bond donors (Lipinski definition) is 1. The quantitative estimate of drug-likeness (QED) is 0.388. The highest BCUT2D eigenvalue weighted by molar-refractivity contribution is 5.87. The fourth-order valence-corrected chi connectivity index (χ4v) is 0.964. The molecule has 0 bridgehead atoms. The van der Waals surface area contributed by atoms with Gasteiger partial charge in [0.15, 0.2) is 0 Å². The summed E-state index contributed by atoms with van der Waals surface area (Å²) >= 11 is 0. The minimum atomic E-state index is -0.227. The Morgan fingerprint density at radius 2 is 1.93 bits per heavy atom. The highest BCUT2D eigenvalue weighted by Crippen LogP contribution is 2.01. The molecule has 0 rings (SSSR count). The molecule has 82 valence electrons. The first-order valence-electron chi connectivity index (χ1n) is 5.13. The SMILES string of the molecule is C/C=C(\C)C(=O)OCCCCCCO. The molecule has 0 aromatic heterocycles. The number of ether oxygens (including phenoxy) is 1. The third-order valence-corrected chi connectivity index (χ3v) is 2.04. The number of aliphatic hydroxyl groups excluding tert-OH is 1. The Balaban J connectivity index is 3.32. The van der Waals surface area contributed by atoms with Crippen LogP contribution in [0.15, 0.2) is 11.6 Å². The van der Waals surface area contributed by atoms with E-state index in [1.165, 1.54) is 0 Å². The predicted molar refractivity (Wildman–Crippen MR) is 55.9 cm³/mol. The van der Waals surface area contributed by atoms with Gasteiger partial charge in [-0.1, -0.05) is 12.5 Å². The molecule has 0 unspecified atom stereocenters. The molecule has 1 N–H and O–H groups in total. The summed E-state index contributed by atoms with van der Waals surface area (Å²) < 4.78 is 5.01. The van der Waals surface area contributed by atoms with E-state index in [4.69, 9.17) is 9.84 Å². The lowest BCUT2D eigenvalue weighted by atomic mass is 10.2. The number of unbranched alkanes of at least 4 members (excludes halogenated alkanes) is 3. The van der Waals surface area contributed by atoms with E-state index in [0.717, 1.165) is 25.7 Å². The third-order valence-electron chi connectivity index (χ3n) is 2.04. The second kappa shape index (κ2) is 8.75. The molecule has 0 amide bonds. The minimum absolute atomic E-state index is 0.227. The van der Waals surface area contributed by atoms with E-state index in [-0.39, 0.29) is 12.6 Å². The van der Waals surface area contributed by atoms with Gasteiger partial charge in [-0.05, 0) is 33.1 Å². The number of carbonyl (C=O) groups is 1. The first kappa shape index (κ1) is 13.2. The van der Waals surface area contributed by atoms with Crippen LogP contribution in [0.25, 0.3) is 0 Å². The number of hydrogen-bond acceptors (Lipinski definition) is 3. The average molecular weight is 200 g/mol. The van der Waals surface area contributed by atoms with Crippen molar-refractivity contribution in [2.45, 2.75) is 39.5 Å². The Hall–Kier alpha value is -0.830. The molecular formula is C11H20O3. The summed E-state index contributed by atoms with van der Waals surface area (Å²) in [6, 6.07) is 0. The largest absolute Gasteiger partial charge is 0.462 e. The third kappa shape index (κ3) is 6.66. The van der Waals surface area contributed by atoms with Gasteiger partial charge in [0, 0.05) is 12.2 Å². The fraction of sp³-hybridized carbons (Fsp3) is 0.727. The van der Waals surface area contributed by atoms with Crippen LogP contribution >= 0.6 is 0 Å². The Kier molecular flexibility index (Phi) is 8.24. The number of allylic oxidation sites excluding steroid dienone is 1. The molecule has 0 heterocycles. The zero-order chi connectivity index (χ0) is 10.8. The highest BCUT2D eigenvalue weighted by atomic mass is 16.5. The van der Waals surface area contributed by atoms with E-state index in [1.807, 2.05) is 6.92 Å². The van der Waals surface area contributed by atoms with E-state index >= 15 is 0 Å². The van der Waals surface area contributed by atoms with E-state index < -0.39 is 0 Å². The lowest BCUT2D eigenvalue weighted by Gasteiger charge is -2.04. The van der Waals surface area contributed by atoms with Gasteiger partial charge < -0.3 is 9.84 Å². The van der Waals surface area contributed by atoms with Gasteiger partial charge in [-0.15, -0.1) is 0 Å². The molecule has 0 saturated heterocycles. The van der Waals surface area contributed by atoms with Crippen molar-refractivity contribution < 1.29 is 14.6 Å². The molecule has 0 spiro atoms. The number of aliphatic hydroxyl groups is 1. The van der Waals surface area contributed by atoms with Gasteiger partial charge in [-0.2, -0.15) is 0 Å². The molecule has 0 saturated carbocycles. The number of rotatable bonds is 7. The van der Waals surface area contributed by atoms with Crippen molar-refractivity contribution >= 4 is 5.97 Å². The van der Waals surface area contributed by atoms with Crippen LogP contribution in [0.2, 0.25) is 0 Å². The molecule has 0 aliphatic rings. The van der Waals surface area contributed by atoms with Crippen molar-refractivity contribution in [2.24, 2.45) is 0 Å². The first-order valence-corrected chi connectivity index (χ1v) is 5.13. The van der Waals surface area contributed by atoms with Crippen LogP contribution < -0.4 is 0 Å². The molecule has 0 fully saturated rings. The molecule has 3 nitrogen and oxygen atoms in total. The number of esters is 1. The maximum absolute atomic E-state index is 11.1. The second-order valence-corrected chi connectivity index (χ2v) is 3.25. The van der Waals surface area contributed by atoms with Crippen molar-refractivity contribution in [1.29, 1.82) is 0 Å². The van der Waals surface area contributed by atoms with Crippen LogP contribution in [0, 0.1) is 0 Å². The highest BCUT2D eigenvalue weighted by Gasteiger charge is 2.02. The van der Waals surface area contributed by atoms with Gasteiger partial charge in [-0.3, -0.25) is 0 Å². The summed E-state index contributed by atoms with van der Waals surface area (Å²) in [4.78, 5) is 11.1. The number of carbonyl (C=O) groups excluding carboxylic acids is 1. The second-order valence-electron chi connectivity index (χ2n) is 3.25. The Morgan fingerprint density at radius 1 is 1.29 bits per heavy atom. The molecule has 3 heteroatoms. The lowest BCUT2D eigenvalue weighted by molar-refractivity contribution is -0.139. The Morgan fingerprint density at radius 3 is 2.50 bits per heavy atom. The van der Waals surface area contributed by atoms with Crippen molar-refractivity contribution in [1.82, 2.24) is 0 Å². The predicted octanol–water partition coefficient (Wildman–Crippen LogP) is 2.05. The van der Waals surface area contributed by atoms with Gasteiger partial charge in [0.05, 0.1) is 6.61 Å². The zero-order valence-corrected chi connectivity index (χ0v) is 9.08. The summed E-state index contributed by atoms with van der Waals surface area (Å²) in [5.41, 5.74) is 0.653. The normalized spacial score (nSPS) is 11.5. The van der Waals surface area contributed by atoms with Crippen LogP contribution in [0.5, 0.6) is 0 Å². The van der Waals surface area contributed by atoms with Crippen LogP contribution in [-0.2, 0) is 9.53 Å². The molecule has 0 atom stereocenters. The minimum Gasteiger partial charge on any atom is -0.462 e. The molecule has 0 aromatic carbocycles. The van der Waals surface area contributed by atoms with E-state index in [1.54, 1.807) is 13.0 Å². The summed E-state index contributed by atoms with van der Waals surface area (Å²) in [7, 11) is 0. The van der Waals surface area contributed by atoms with Gasteiger partial charge in [0.2, 0.25) is 0 Å². The summed E-state index contributed by atoms with van der Waals surface area (Å²) in [5, 5.41) is 8.52. The molecule has 0 aliphatic carbocycles. The van der Waals surface area contributed by atoms with Gasteiger partial charge in [-0.25, -0.2) is 4.79 Å². The van der Waals surface area contributed by atoms with Crippen LogP contribution in [0.3, 0.4) is 0 Å².